The number of amides is 1. The molecule has 3 aromatic carbocycles. The molecule has 1 N–H and O–H groups in total. The molecule has 1 heterocycles. The lowest BCUT2D eigenvalue weighted by Crippen LogP contribution is -2.30. The van der Waals surface area contributed by atoms with Crippen LogP contribution in [-0.2, 0) is 26.4 Å². The van der Waals surface area contributed by atoms with Crippen molar-refractivity contribution in [2.75, 3.05) is 17.5 Å². The molecule has 0 spiro atoms. The van der Waals surface area contributed by atoms with Crippen LogP contribution in [0.2, 0.25) is 0 Å². The van der Waals surface area contributed by atoms with E-state index >= 15 is 4.39 Å². The Kier molecular flexibility index (Phi) is 6.45. The molecule has 1 fully saturated rings. The summed E-state index contributed by atoms with van der Waals surface area (Å²) < 4.78 is 54.6. The van der Waals surface area contributed by atoms with E-state index in [1.54, 1.807) is 12.1 Å². The van der Waals surface area contributed by atoms with Crippen molar-refractivity contribution in [1.29, 1.82) is 0 Å². The van der Waals surface area contributed by atoms with Crippen molar-refractivity contribution in [2.24, 2.45) is 0 Å². The molecule has 0 atom stereocenters. The molecule has 0 saturated carbocycles. The first-order chi connectivity index (χ1) is 15.9. The van der Waals surface area contributed by atoms with E-state index in [-0.39, 0.29) is 30.0 Å². The van der Waals surface area contributed by atoms with E-state index < -0.39 is 28.5 Å². The van der Waals surface area contributed by atoms with Crippen molar-refractivity contribution in [1.82, 2.24) is 4.72 Å². The lowest BCUT2D eigenvalue weighted by atomic mass is 10.1. The van der Waals surface area contributed by atoms with Gasteiger partial charge in [0.1, 0.15) is 36.6 Å². The second kappa shape index (κ2) is 9.45. The quantitative estimate of drug-likeness (QED) is 0.379. The van der Waals surface area contributed by atoms with E-state index in [9.17, 15) is 18.0 Å². The first-order valence-electron chi connectivity index (χ1n) is 10.2. The Morgan fingerprint density at radius 1 is 1.09 bits per heavy atom. The van der Waals surface area contributed by atoms with Crippen molar-refractivity contribution in [3.8, 4) is 11.5 Å². The summed E-state index contributed by atoms with van der Waals surface area (Å²) in [6.45, 7) is -0.212. The van der Waals surface area contributed by atoms with Crippen LogP contribution in [0.5, 0.6) is 11.5 Å². The van der Waals surface area contributed by atoms with Crippen molar-refractivity contribution in [2.45, 2.75) is 19.4 Å². The van der Waals surface area contributed by atoms with Crippen LogP contribution >= 0.6 is 0 Å². The third-order valence-electron chi connectivity index (χ3n) is 5.03. The summed E-state index contributed by atoms with van der Waals surface area (Å²) in [5.74, 6) is -1.26. The topological polar surface area (TPSA) is 102 Å². The van der Waals surface area contributed by atoms with Gasteiger partial charge in [0.2, 0.25) is 0 Å². The highest BCUT2D eigenvalue weighted by molar-refractivity contribution is 7.92. The zero-order valence-corrected chi connectivity index (χ0v) is 18.3. The molecule has 3 aromatic rings. The maximum Gasteiger partial charge on any atom is 0.326 e. The summed E-state index contributed by atoms with van der Waals surface area (Å²) in [6, 6.07) is 15.4. The summed E-state index contributed by atoms with van der Waals surface area (Å²) in [5.41, 5.74) is 0.455. The number of carbonyl (C=O) groups is 2. The molecule has 0 aromatic heterocycles. The Morgan fingerprint density at radius 3 is 2.58 bits per heavy atom. The van der Waals surface area contributed by atoms with E-state index in [2.05, 4.69) is 0 Å². The van der Waals surface area contributed by atoms with Gasteiger partial charge < -0.3 is 14.3 Å². The second-order valence-electron chi connectivity index (χ2n) is 7.39. The molecule has 4 rings (SSSR count). The Morgan fingerprint density at radius 2 is 1.88 bits per heavy atom. The minimum Gasteiger partial charge on any atom is -0.494 e. The van der Waals surface area contributed by atoms with Gasteiger partial charge >= 0.3 is 10.2 Å². The van der Waals surface area contributed by atoms with Gasteiger partial charge in [-0.15, -0.1) is 0 Å². The number of hydrogen-bond acceptors (Lipinski definition) is 6. The molecule has 1 amide bonds. The average molecular weight is 472 g/mol. The number of nitrogens with one attached hydrogen (secondary N) is 1. The predicted octanol–water partition coefficient (Wildman–Crippen LogP) is 3.10. The van der Waals surface area contributed by atoms with E-state index in [0.717, 1.165) is 11.8 Å². The zero-order valence-electron chi connectivity index (χ0n) is 17.5. The molecule has 1 aliphatic heterocycles. The number of ether oxygens (including phenoxy) is 2. The molecule has 0 aliphatic carbocycles. The summed E-state index contributed by atoms with van der Waals surface area (Å²) in [7, 11) is -4.27. The number of carbonyl (C=O) groups excluding carboxylic acids is 2. The lowest BCUT2D eigenvalue weighted by Gasteiger charge is -2.21. The number of halogens is 1. The summed E-state index contributed by atoms with van der Waals surface area (Å²) in [4.78, 5) is 22.2. The highest BCUT2D eigenvalue weighted by Gasteiger charge is 2.38. The monoisotopic (exact) mass is 472 g/mol. The molecular weight excluding hydrogens is 451 g/mol. The van der Waals surface area contributed by atoms with E-state index in [0.29, 0.717) is 28.3 Å². The van der Waals surface area contributed by atoms with Gasteiger partial charge in [0.05, 0.1) is 6.61 Å². The van der Waals surface area contributed by atoms with Crippen LogP contribution in [-0.4, -0.2) is 33.8 Å². The van der Waals surface area contributed by atoms with E-state index in [4.69, 9.17) is 9.47 Å². The highest BCUT2D eigenvalue weighted by atomic mass is 32.2. The number of rotatable bonds is 9. The van der Waals surface area contributed by atoms with Crippen LogP contribution in [0.4, 0.5) is 10.1 Å². The third-order valence-corrected chi connectivity index (χ3v) is 6.41. The highest BCUT2D eigenvalue weighted by Crippen LogP contribution is 2.40. The van der Waals surface area contributed by atoms with Gasteiger partial charge in [0, 0.05) is 11.8 Å². The molecule has 33 heavy (non-hydrogen) atoms. The SMILES string of the molecule is O=CCCCOc1ccc2cc(OCc3ccccc3)c(N3CC(=O)NS3(=O)=O)c(F)c2c1. The van der Waals surface area contributed by atoms with Crippen LogP contribution in [0.25, 0.3) is 10.8 Å². The molecule has 8 nitrogen and oxygen atoms in total. The standard InChI is InChI=1S/C23H21FN2O6S/c24-22-19-13-18(31-11-5-4-10-27)9-8-17(19)12-20(32-15-16-6-2-1-3-7-16)23(22)26-14-21(28)25-33(26,29)30/h1-3,6-10,12-13H,4-5,11,14-15H2,(H,25,28). The van der Waals surface area contributed by atoms with Crippen molar-refractivity contribution < 1.29 is 31.9 Å². The first kappa shape index (κ1) is 22.5. The number of hydrogen-bond donors (Lipinski definition) is 1. The minimum absolute atomic E-state index is 0.0106. The van der Waals surface area contributed by atoms with Crippen LogP contribution in [0, 0.1) is 5.82 Å². The van der Waals surface area contributed by atoms with Gasteiger partial charge in [-0.2, -0.15) is 8.42 Å². The van der Waals surface area contributed by atoms with Gasteiger partial charge in [-0.05, 0) is 35.6 Å². The molecule has 172 valence electrons. The van der Waals surface area contributed by atoms with Gasteiger partial charge in [-0.25, -0.2) is 13.4 Å². The fraction of sp³-hybridized carbons (Fsp3) is 0.217. The van der Waals surface area contributed by atoms with Gasteiger partial charge in [-0.1, -0.05) is 36.4 Å². The van der Waals surface area contributed by atoms with Crippen LogP contribution < -0.4 is 18.5 Å². The summed E-state index contributed by atoms with van der Waals surface area (Å²) in [6.07, 6.45) is 1.65. The summed E-state index contributed by atoms with van der Waals surface area (Å²) >= 11 is 0. The van der Waals surface area contributed by atoms with Gasteiger partial charge in [-0.3, -0.25) is 4.79 Å². The molecule has 0 unspecified atom stereocenters. The molecule has 1 saturated heterocycles. The number of aldehydes is 1. The minimum atomic E-state index is -4.27. The fourth-order valence-corrected chi connectivity index (χ4v) is 4.63. The largest absolute Gasteiger partial charge is 0.494 e. The molecular formula is C23H21FN2O6S. The number of unbranched alkanes of at least 4 members (excludes halogenated alkanes) is 1. The van der Waals surface area contributed by atoms with Gasteiger partial charge in [0.15, 0.2) is 5.82 Å². The van der Waals surface area contributed by atoms with Crippen LogP contribution in [0.1, 0.15) is 18.4 Å². The molecule has 0 bridgehead atoms. The fourth-order valence-electron chi connectivity index (χ4n) is 3.47. The Bertz CT molecular complexity index is 1300. The Labute approximate surface area is 190 Å². The van der Waals surface area contributed by atoms with E-state index in [1.165, 1.54) is 12.1 Å². The number of benzene rings is 3. The zero-order chi connectivity index (χ0) is 23.4. The van der Waals surface area contributed by atoms with Crippen LogP contribution in [0.15, 0.2) is 54.6 Å². The smallest absolute Gasteiger partial charge is 0.326 e. The Balaban J connectivity index is 1.76. The Hall–Kier alpha value is -3.66. The first-order valence-corrected chi connectivity index (χ1v) is 11.7. The van der Waals surface area contributed by atoms with E-state index in [1.807, 2.05) is 35.1 Å². The lowest BCUT2D eigenvalue weighted by molar-refractivity contribution is -0.117. The van der Waals surface area contributed by atoms with Crippen molar-refractivity contribution in [3.63, 3.8) is 0 Å². The average Bonchev–Trinajstić information content (AvgIpc) is 3.07. The second-order valence-corrected chi connectivity index (χ2v) is 8.98. The van der Waals surface area contributed by atoms with Crippen molar-refractivity contribution in [3.05, 3.63) is 66.0 Å². The molecule has 0 radical (unpaired) electrons. The maximum absolute atomic E-state index is 15.8. The third kappa shape index (κ3) is 4.90. The number of anilines is 1. The number of nitrogens with zero attached hydrogens (tertiary/aromatic N) is 1. The normalized spacial score (nSPS) is 14.8. The molecule has 1 aliphatic rings. The molecule has 10 heteroatoms. The van der Waals surface area contributed by atoms with Crippen LogP contribution in [0.3, 0.4) is 0 Å². The predicted molar refractivity (Wildman–Crippen MR) is 120 cm³/mol. The number of fused-ring (bicyclic) bond motifs is 1. The van der Waals surface area contributed by atoms with Gasteiger partial charge in [0.25, 0.3) is 5.91 Å². The maximum atomic E-state index is 15.8. The summed E-state index contributed by atoms with van der Waals surface area (Å²) in [5, 5.41) is 0.579. The van der Waals surface area contributed by atoms with Crippen molar-refractivity contribution >= 4 is 38.9 Å².